The van der Waals surface area contributed by atoms with Crippen LogP contribution in [0.15, 0.2) is 72.8 Å². The van der Waals surface area contributed by atoms with E-state index in [2.05, 4.69) is 72.3 Å². The number of hydrogen-bond donors (Lipinski definition) is 0. The van der Waals surface area contributed by atoms with E-state index in [0.717, 1.165) is 16.6 Å². The molecular formula is C23H18N2. The minimum Gasteiger partial charge on any atom is -0.343 e. The van der Waals surface area contributed by atoms with Crippen LogP contribution in [0.4, 0.5) is 0 Å². The molecular weight excluding hydrogens is 304 g/mol. The fourth-order valence-electron chi connectivity index (χ4n) is 3.54. The summed E-state index contributed by atoms with van der Waals surface area (Å²) in [7, 11) is 2.08. The number of aromatic nitrogens is 1. The van der Waals surface area contributed by atoms with Crippen LogP contribution in [0.1, 0.15) is 11.1 Å². The highest BCUT2D eigenvalue weighted by molar-refractivity contribution is 6.05. The molecule has 1 heterocycles. The van der Waals surface area contributed by atoms with Crippen LogP contribution in [-0.4, -0.2) is 4.57 Å². The number of rotatable bonds is 2. The van der Waals surface area contributed by atoms with E-state index in [0.29, 0.717) is 0 Å². The van der Waals surface area contributed by atoms with E-state index in [4.69, 9.17) is 0 Å². The molecule has 4 aromatic rings. The largest absolute Gasteiger partial charge is 0.343 e. The van der Waals surface area contributed by atoms with Gasteiger partial charge in [-0.1, -0.05) is 60.7 Å². The molecule has 0 unspecified atom stereocenters. The summed E-state index contributed by atoms with van der Waals surface area (Å²) >= 11 is 0. The lowest BCUT2D eigenvalue weighted by molar-refractivity contribution is 0.978. The van der Waals surface area contributed by atoms with Gasteiger partial charge in [0.15, 0.2) is 0 Å². The molecule has 0 atom stereocenters. The van der Waals surface area contributed by atoms with Gasteiger partial charge in [0.2, 0.25) is 0 Å². The van der Waals surface area contributed by atoms with Crippen molar-refractivity contribution in [3.8, 4) is 28.5 Å². The Morgan fingerprint density at radius 2 is 1.44 bits per heavy atom. The zero-order valence-electron chi connectivity index (χ0n) is 14.3. The number of hydrogen-bond acceptors (Lipinski definition) is 1. The van der Waals surface area contributed by atoms with Crippen LogP contribution in [0.3, 0.4) is 0 Å². The van der Waals surface area contributed by atoms with Gasteiger partial charge < -0.3 is 4.57 Å². The molecule has 0 aliphatic rings. The second-order valence-electron chi connectivity index (χ2n) is 6.31. The number of benzene rings is 3. The van der Waals surface area contributed by atoms with Crippen molar-refractivity contribution in [1.82, 2.24) is 4.57 Å². The molecule has 1 aromatic heterocycles. The number of nitrogens with zero attached hydrogens (tertiary/aromatic N) is 2. The molecule has 0 aliphatic carbocycles. The van der Waals surface area contributed by atoms with E-state index in [1.165, 1.54) is 27.8 Å². The van der Waals surface area contributed by atoms with Gasteiger partial charge in [-0.15, -0.1) is 0 Å². The van der Waals surface area contributed by atoms with Gasteiger partial charge in [-0.25, -0.2) is 0 Å². The molecule has 0 fully saturated rings. The second kappa shape index (κ2) is 5.96. The van der Waals surface area contributed by atoms with Gasteiger partial charge >= 0.3 is 0 Å². The van der Waals surface area contributed by atoms with Gasteiger partial charge in [0, 0.05) is 18.0 Å². The lowest BCUT2D eigenvalue weighted by Gasteiger charge is -2.08. The molecule has 0 radical (unpaired) electrons. The van der Waals surface area contributed by atoms with Gasteiger partial charge in [0.1, 0.15) is 0 Å². The summed E-state index contributed by atoms with van der Waals surface area (Å²) in [4.78, 5) is 0. The Bertz CT molecular complexity index is 1100. The van der Waals surface area contributed by atoms with Gasteiger partial charge in [0.05, 0.1) is 22.8 Å². The van der Waals surface area contributed by atoms with Crippen molar-refractivity contribution < 1.29 is 0 Å². The van der Waals surface area contributed by atoms with Crippen LogP contribution in [0, 0.1) is 18.3 Å². The van der Waals surface area contributed by atoms with Crippen molar-refractivity contribution in [1.29, 1.82) is 5.26 Å². The van der Waals surface area contributed by atoms with E-state index >= 15 is 0 Å². The van der Waals surface area contributed by atoms with Gasteiger partial charge in [0.25, 0.3) is 0 Å². The highest BCUT2D eigenvalue weighted by Crippen LogP contribution is 2.41. The smallest absolute Gasteiger partial charge is 0.0995 e. The summed E-state index contributed by atoms with van der Waals surface area (Å²) in [5.41, 5.74) is 7.59. The predicted molar refractivity (Wildman–Crippen MR) is 103 cm³/mol. The van der Waals surface area contributed by atoms with Gasteiger partial charge in [-0.05, 0) is 35.7 Å². The zero-order chi connectivity index (χ0) is 17.4. The molecule has 3 aromatic carbocycles. The third-order valence-electron chi connectivity index (χ3n) is 4.78. The van der Waals surface area contributed by atoms with E-state index in [1.54, 1.807) is 0 Å². The second-order valence-corrected chi connectivity index (χ2v) is 6.31. The number of fused-ring (bicyclic) bond motifs is 1. The Hall–Kier alpha value is -3.31. The maximum atomic E-state index is 9.42. The Kier molecular flexibility index (Phi) is 3.63. The summed E-state index contributed by atoms with van der Waals surface area (Å²) < 4.78 is 2.20. The summed E-state index contributed by atoms with van der Waals surface area (Å²) in [6.45, 7) is 2.00. The molecule has 120 valence electrons. The van der Waals surface area contributed by atoms with Crippen LogP contribution in [-0.2, 0) is 7.05 Å². The first-order valence-corrected chi connectivity index (χ1v) is 8.34. The molecule has 4 rings (SSSR count). The SMILES string of the molecule is Cc1cc2c(-c3ccccc3)c(-c3ccccc3)n(C)c2cc1C#N. The van der Waals surface area contributed by atoms with Crippen molar-refractivity contribution in [2.24, 2.45) is 7.05 Å². The minimum absolute atomic E-state index is 0.729. The Balaban J connectivity index is 2.17. The van der Waals surface area contributed by atoms with Gasteiger partial charge in [-0.2, -0.15) is 5.26 Å². The molecule has 2 heteroatoms. The average molecular weight is 322 g/mol. The Labute approximate surface area is 147 Å². The Morgan fingerprint density at radius 1 is 0.840 bits per heavy atom. The molecule has 0 amide bonds. The van der Waals surface area contributed by atoms with E-state index in [9.17, 15) is 5.26 Å². The van der Waals surface area contributed by atoms with Crippen LogP contribution >= 0.6 is 0 Å². The summed E-state index contributed by atoms with van der Waals surface area (Å²) in [6.07, 6.45) is 0. The van der Waals surface area contributed by atoms with Crippen molar-refractivity contribution in [2.75, 3.05) is 0 Å². The minimum atomic E-state index is 0.729. The molecule has 25 heavy (non-hydrogen) atoms. The summed E-state index contributed by atoms with van der Waals surface area (Å²) in [5.74, 6) is 0. The maximum Gasteiger partial charge on any atom is 0.0995 e. The van der Waals surface area contributed by atoms with Crippen molar-refractivity contribution in [2.45, 2.75) is 6.92 Å². The first kappa shape index (κ1) is 15.2. The summed E-state index contributed by atoms with van der Waals surface area (Å²) in [6, 6.07) is 27.4. The van der Waals surface area contributed by atoms with Crippen LogP contribution < -0.4 is 0 Å². The first-order valence-electron chi connectivity index (χ1n) is 8.34. The van der Waals surface area contributed by atoms with E-state index in [-0.39, 0.29) is 0 Å². The quantitative estimate of drug-likeness (QED) is 0.466. The predicted octanol–water partition coefficient (Wildman–Crippen LogP) is 5.69. The highest BCUT2D eigenvalue weighted by Gasteiger charge is 2.19. The van der Waals surface area contributed by atoms with Crippen molar-refractivity contribution >= 4 is 10.9 Å². The lowest BCUT2D eigenvalue weighted by atomic mass is 9.97. The number of aryl methyl sites for hydroxylation is 2. The van der Waals surface area contributed by atoms with Gasteiger partial charge in [-0.3, -0.25) is 0 Å². The third-order valence-corrected chi connectivity index (χ3v) is 4.78. The standard InChI is InChI=1S/C23H18N2/c1-16-13-20-21(14-19(16)15-24)25(2)23(18-11-7-4-8-12-18)22(20)17-9-5-3-6-10-17/h3-14H,1-2H3. The fraction of sp³-hybridized carbons (Fsp3) is 0.0870. The average Bonchev–Trinajstić information content (AvgIpc) is 2.94. The van der Waals surface area contributed by atoms with Crippen LogP contribution in [0.25, 0.3) is 33.3 Å². The molecule has 0 saturated carbocycles. The Morgan fingerprint density at radius 3 is 2.04 bits per heavy atom. The maximum absolute atomic E-state index is 9.42. The van der Waals surface area contributed by atoms with Crippen LogP contribution in [0.2, 0.25) is 0 Å². The zero-order valence-corrected chi connectivity index (χ0v) is 14.3. The van der Waals surface area contributed by atoms with E-state index in [1.807, 2.05) is 25.1 Å². The molecule has 2 nitrogen and oxygen atoms in total. The first-order chi connectivity index (χ1) is 12.2. The van der Waals surface area contributed by atoms with E-state index < -0.39 is 0 Å². The monoisotopic (exact) mass is 322 g/mol. The molecule has 0 aliphatic heterocycles. The lowest BCUT2D eigenvalue weighted by Crippen LogP contribution is -1.93. The third kappa shape index (κ3) is 2.42. The molecule has 0 saturated heterocycles. The topological polar surface area (TPSA) is 28.7 Å². The normalized spacial score (nSPS) is 10.8. The molecule has 0 bridgehead atoms. The van der Waals surface area contributed by atoms with Crippen molar-refractivity contribution in [3.63, 3.8) is 0 Å². The number of nitriles is 1. The van der Waals surface area contributed by atoms with Crippen LogP contribution in [0.5, 0.6) is 0 Å². The van der Waals surface area contributed by atoms with Crippen molar-refractivity contribution in [3.05, 3.63) is 83.9 Å². The highest BCUT2D eigenvalue weighted by atomic mass is 15.0. The molecule has 0 spiro atoms. The summed E-state index contributed by atoms with van der Waals surface area (Å²) in [5, 5.41) is 10.6. The fourth-order valence-corrected chi connectivity index (χ4v) is 3.54. The molecule has 0 N–H and O–H groups in total.